The number of rotatable bonds is 7. The van der Waals surface area contributed by atoms with Crippen molar-refractivity contribution in [1.82, 2.24) is 9.97 Å². The van der Waals surface area contributed by atoms with Crippen molar-refractivity contribution in [3.05, 3.63) is 241 Å². The van der Waals surface area contributed by atoms with Gasteiger partial charge in [-0.1, -0.05) is 182 Å². The molecule has 0 saturated carbocycles. The van der Waals surface area contributed by atoms with Gasteiger partial charge in [-0.05, 0) is 111 Å². The van der Waals surface area contributed by atoms with Gasteiger partial charge in [0.15, 0.2) is 5.82 Å². The van der Waals surface area contributed by atoms with Crippen LogP contribution in [-0.4, -0.2) is 9.97 Å². The molecule has 0 saturated heterocycles. The molecule has 0 aliphatic heterocycles. The van der Waals surface area contributed by atoms with Crippen molar-refractivity contribution < 1.29 is 4.42 Å². The smallest absolute Gasteiger partial charge is 0.160 e. The Morgan fingerprint density at radius 3 is 1.68 bits per heavy atom. The summed E-state index contributed by atoms with van der Waals surface area (Å²) in [5.41, 5.74) is 19.6. The van der Waals surface area contributed by atoms with E-state index in [0.29, 0.717) is 5.82 Å². The molecule has 3 heteroatoms. The van der Waals surface area contributed by atoms with Gasteiger partial charge in [0.05, 0.1) is 11.4 Å². The third-order valence-corrected chi connectivity index (χ3v) is 13.0. The van der Waals surface area contributed by atoms with E-state index in [4.69, 9.17) is 14.4 Å². The number of benzene rings is 9. The van der Waals surface area contributed by atoms with Gasteiger partial charge >= 0.3 is 0 Å². The molecule has 1 aliphatic rings. The molecule has 296 valence electrons. The number of furan rings is 1. The van der Waals surface area contributed by atoms with Crippen molar-refractivity contribution in [2.24, 2.45) is 0 Å². The van der Waals surface area contributed by atoms with E-state index >= 15 is 0 Å². The molecule has 2 aromatic heterocycles. The van der Waals surface area contributed by atoms with Gasteiger partial charge in [0.25, 0.3) is 0 Å². The van der Waals surface area contributed by atoms with Crippen LogP contribution >= 0.6 is 0 Å². The lowest BCUT2D eigenvalue weighted by Crippen LogP contribution is -2.23. The number of fused-ring (bicyclic) bond motifs is 6. The zero-order valence-corrected chi connectivity index (χ0v) is 34.7. The fourth-order valence-corrected chi connectivity index (χ4v) is 9.84. The summed E-state index contributed by atoms with van der Waals surface area (Å²) in [6, 6.07) is 80.1. The van der Waals surface area contributed by atoms with Gasteiger partial charge < -0.3 is 4.42 Å². The Labute approximate surface area is 366 Å². The molecule has 12 rings (SSSR count). The third kappa shape index (κ3) is 6.20. The summed E-state index contributed by atoms with van der Waals surface area (Å²) < 4.78 is 6.22. The molecule has 0 radical (unpaired) electrons. The molecule has 1 aliphatic carbocycles. The molecular formula is C60H40N2O. The van der Waals surface area contributed by atoms with Crippen LogP contribution < -0.4 is 0 Å². The minimum absolute atomic E-state index is 0.306. The minimum Gasteiger partial charge on any atom is -0.456 e. The first-order valence-electron chi connectivity index (χ1n) is 21.6. The Balaban J connectivity index is 0.997. The second-order valence-corrected chi connectivity index (χ2v) is 16.6. The van der Waals surface area contributed by atoms with E-state index in [2.05, 4.69) is 201 Å². The van der Waals surface area contributed by atoms with Crippen LogP contribution in [0.5, 0.6) is 0 Å². The van der Waals surface area contributed by atoms with Gasteiger partial charge in [-0.2, -0.15) is 0 Å². The molecule has 3 nitrogen and oxygen atoms in total. The Kier molecular flexibility index (Phi) is 8.62. The van der Waals surface area contributed by atoms with Crippen molar-refractivity contribution in [2.75, 3.05) is 0 Å². The van der Waals surface area contributed by atoms with E-state index < -0.39 is 0 Å². The summed E-state index contributed by atoms with van der Waals surface area (Å²) in [6.45, 7) is 2.38. The van der Waals surface area contributed by atoms with Crippen LogP contribution in [0.3, 0.4) is 0 Å². The third-order valence-electron chi connectivity index (χ3n) is 13.0. The lowest BCUT2D eigenvalue weighted by Gasteiger charge is -2.30. The summed E-state index contributed by atoms with van der Waals surface area (Å²) in [5.74, 6) is 0.683. The van der Waals surface area contributed by atoms with Gasteiger partial charge in [0, 0.05) is 32.9 Å². The van der Waals surface area contributed by atoms with Crippen LogP contribution in [0.2, 0.25) is 0 Å². The van der Waals surface area contributed by atoms with Crippen LogP contribution in [0.1, 0.15) is 23.6 Å². The van der Waals surface area contributed by atoms with Gasteiger partial charge in [-0.25, -0.2) is 9.97 Å². The Hall–Kier alpha value is -8.14. The van der Waals surface area contributed by atoms with E-state index in [1.165, 1.54) is 38.9 Å². The average Bonchev–Trinajstić information content (AvgIpc) is 3.87. The number of nitrogens with zero attached hydrogens (tertiary/aromatic N) is 2. The molecular weight excluding hydrogens is 765 g/mol. The molecule has 2 heterocycles. The highest BCUT2D eigenvalue weighted by atomic mass is 16.3. The second kappa shape index (κ2) is 14.8. The Morgan fingerprint density at radius 2 is 0.905 bits per heavy atom. The van der Waals surface area contributed by atoms with Crippen molar-refractivity contribution in [1.29, 1.82) is 0 Å². The highest BCUT2D eigenvalue weighted by Crippen LogP contribution is 2.55. The lowest BCUT2D eigenvalue weighted by atomic mass is 9.72. The van der Waals surface area contributed by atoms with Gasteiger partial charge in [0.1, 0.15) is 11.2 Å². The van der Waals surface area contributed by atoms with Crippen molar-refractivity contribution in [2.45, 2.75) is 12.3 Å². The zero-order chi connectivity index (χ0) is 41.9. The fourth-order valence-electron chi connectivity index (χ4n) is 9.84. The first-order valence-corrected chi connectivity index (χ1v) is 21.6. The predicted molar refractivity (Wildman–Crippen MR) is 259 cm³/mol. The highest BCUT2D eigenvalue weighted by Gasteiger charge is 2.42. The quantitative estimate of drug-likeness (QED) is 0.161. The molecule has 0 N–H and O–H groups in total. The normalized spacial score (nSPS) is 14.2. The molecule has 0 fully saturated rings. The van der Waals surface area contributed by atoms with Gasteiger partial charge in [0.2, 0.25) is 0 Å². The van der Waals surface area contributed by atoms with E-state index in [9.17, 15) is 0 Å². The fraction of sp³-hybridized carbons (Fsp3) is 0.0333. The summed E-state index contributed by atoms with van der Waals surface area (Å²) in [6.07, 6.45) is 0. The van der Waals surface area contributed by atoms with E-state index in [1.54, 1.807) is 0 Å². The van der Waals surface area contributed by atoms with Gasteiger partial charge in [-0.15, -0.1) is 0 Å². The lowest BCUT2D eigenvalue weighted by molar-refractivity contribution is 0.669. The molecule has 11 aromatic rings. The highest BCUT2D eigenvalue weighted by molar-refractivity contribution is 6.06. The maximum absolute atomic E-state index is 6.22. The van der Waals surface area contributed by atoms with Crippen LogP contribution in [0.15, 0.2) is 229 Å². The number of aromatic nitrogens is 2. The van der Waals surface area contributed by atoms with Crippen molar-refractivity contribution in [3.63, 3.8) is 0 Å². The van der Waals surface area contributed by atoms with Crippen molar-refractivity contribution in [3.8, 4) is 78.4 Å². The topological polar surface area (TPSA) is 38.9 Å². The van der Waals surface area contributed by atoms with E-state index in [0.717, 1.165) is 72.3 Å². The number of para-hydroxylation sites is 1. The maximum Gasteiger partial charge on any atom is 0.160 e. The molecule has 0 spiro atoms. The van der Waals surface area contributed by atoms with Crippen molar-refractivity contribution >= 4 is 21.9 Å². The zero-order valence-electron chi connectivity index (χ0n) is 34.7. The molecule has 1 atom stereocenters. The molecule has 0 amide bonds. The Bertz CT molecular complexity index is 3500. The monoisotopic (exact) mass is 804 g/mol. The molecule has 1 unspecified atom stereocenters. The maximum atomic E-state index is 6.22. The second-order valence-electron chi connectivity index (χ2n) is 16.6. The molecule has 63 heavy (non-hydrogen) atoms. The van der Waals surface area contributed by atoms with Gasteiger partial charge in [-0.3, -0.25) is 0 Å². The molecule has 0 bridgehead atoms. The molecule has 9 aromatic carbocycles. The minimum atomic E-state index is -0.306. The SMILES string of the molecule is CC1(c2ccccc2)c2ccccc2-c2cccc(-c3ccc(-c4cc(-c5cc(-c6ccccc6)cc(-c6ccc7oc8ccccc8c7c6)c5)nc(-c5ccccc5)n4)cc3)c21. The van der Waals surface area contributed by atoms with Crippen LogP contribution in [0.25, 0.3) is 100 Å². The number of hydrogen-bond donors (Lipinski definition) is 0. The summed E-state index contributed by atoms with van der Waals surface area (Å²) in [5, 5.41) is 2.21. The van der Waals surface area contributed by atoms with E-state index in [1.807, 2.05) is 30.3 Å². The van der Waals surface area contributed by atoms with E-state index in [-0.39, 0.29) is 5.41 Å². The largest absolute Gasteiger partial charge is 0.456 e. The Morgan fingerprint density at radius 1 is 0.349 bits per heavy atom. The van der Waals surface area contributed by atoms with Crippen LogP contribution in [-0.2, 0) is 5.41 Å². The summed E-state index contributed by atoms with van der Waals surface area (Å²) >= 11 is 0. The predicted octanol–water partition coefficient (Wildman–Crippen LogP) is 15.7. The first-order chi connectivity index (χ1) is 31.1. The summed E-state index contributed by atoms with van der Waals surface area (Å²) in [4.78, 5) is 10.5. The van der Waals surface area contributed by atoms with Crippen LogP contribution in [0, 0.1) is 0 Å². The number of hydrogen-bond acceptors (Lipinski definition) is 3. The average molecular weight is 805 g/mol. The summed E-state index contributed by atoms with van der Waals surface area (Å²) in [7, 11) is 0. The first kappa shape index (κ1) is 36.7. The van der Waals surface area contributed by atoms with Crippen LogP contribution in [0.4, 0.5) is 0 Å². The standard InChI is InChI=1S/C60H40N2O/c1-60(47-20-9-4-10-21-47)53-26-13-11-22-49(53)51-25-15-24-48(58(51)60)40-28-30-41(31-29-40)54-38-55(62-59(61-54)42-18-7-3-8-19-42)46-35-44(39-16-5-2-6-17-39)34-45(36-46)43-32-33-57-52(37-43)50-23-12-14-27-56(50)63-57/h2-38H,1H3.